The zero-order chi connectivity index (χ0) is 14.7. The smallest absolute Gasteiger partial charge is 0.266 e. The zero-order valence-corrected chi connectivity index (χ0v) is 13.0. The average molecular weight is 300 g/mol. The van der Waals surface area contributed by atoms with Crippen molar-refractivity contribution in [3.05, 3.63) is 22.1 Å². The summed E-state index contributed by atoms with van der Waals surface area (Å²) in [6, 6.07) is 1.33. The molecule has 20 heavy (non-hydrogen) atoms. The number of likely N-dealkylation sites (N-methyl/N-ethyl adjacent to an activating group) is 1. The lowest BCUT2D eigenvalue weighted by atomic mass is 10.2. The third kappa shape index (κ3) is 3.77. The van der Waals surface area contributed by atoms with Crippen LogP contribution in [0.4, 0.5) is 4.39 Å². The molecule has 0 spiro atoms. The van der Waals surface area contributed by atoms with Gasteiger partial charge in [-0.3, -0.25) is 9.69 Å². The van der Waals surface area contributed by atoms with E-state index < -0.39 is 5.82 Å². The Labute approximate surface area is 123 Å². The normalized spacial score (nSPS) is 23.8. The molecule has 0 aliphatic carbocycles. The molecule has 1 saturated heterocycles. The van der Waals surface area contributed by atoms with Gasteiger partial charge in [0.25, 0.3) is 5.91 Å². The molecule has 1 fully saturated rings. The van der Waals surface area contributed by atoms with Crippen molar-refractivity contribution in [1.29, 1.82) is 0 Å². The lowest BCUT2D eigenvalue weighted by molar-refractivity contribution is -0.0685. The molecule has 0 N–H and O–H groups in total. The molecule has 1 aromatic heterocycles. The first-order valence-corrected chi connectivity index (χ1v) is 7.71. The average Bonchev–Trinajstić information content (AvgIpc) is 2.80. The third-order valence-corrected chi connectivity index (χ3v) is 4.28. The number of ether oxygens (including phenoxy) is 1. The predicted octanol–water partition coefficient (Wildman–Crippen LogP) is 2.07. The number of amides is 1. The number of hydrogen-bond acceptors (Lipinski definition) is 4. The van der Waals surface area contributed by atoms with Crippen LogP contribution in [0.5, 0.6) is 0 Å². The lowest BCUT2D eigenvalue weighted by Gasteiger charge is -2.36. The summed E-state index contributed by atoms with van der Waals surface area (Å²) < 4.78 is 19.1. The second-order valence-electron chi connectivity index (χ2n) is 5.34. The van der Waals surface area contributed by atoms with Crippen molar-refractivity contribution >= 4 is 17.2 Å². The molecule has 1 aliphatic heterocycles. The van der Waals surface area contributed by atoms with Crippen LogP contribution in [0.15, 0.2) is 11.4 Å². The molecule has 1 aliphatic rings. The summed E-state index contributed by atoms with van der Waals surface area (Å²) in [6.07, 6.45) is 0.434. The third-order valence-electron chi connectivity index (χ3n) is 3.40. The highest BCUT2D eigenvalue weighted by atomic mass is 32.1. The Hall–Kier alpha value is -0.980. The Morgan fingerprint density at radius 1 is 1.50 bits per heavy atom. The van der Waals surface area contributed by atoms with E-state index in [-0.39, 0.29) is 23.0 Å². The number of hydrogen-bond donors (Lipinski definition) is 0. The van der Waals surface area contributed by atoms with Gasteiger partial charge in [0, 0.05) is 33.2 Å². The Bertz CT molecular complexity index is 456. The van der Waals surface area contributed by atoms with Crippen molar-refractivity contribution in [2.45, 2.75) is 26.1 Å². The molecule has 2 rings (SSSR count). The number of carbonyl (C=O) groups excluding carboxylic acids is 1. The summed E-state index contributed by atoms with van der Waals surface area (Å²) in [5, 5.41) is 1.60. The number of carbonyl (C=O) groups is 1. The fourth-order valence-electron chi connectivity index (χ4n) is 2.48. The molecular formula is C14H21FN2O2S. The summed E-state index contributed by atoms with van der Waals surface area (Å²) in [5.41, 5.74) is 0. The van der Waals surface area contributed by atoms with Crippen molar-refractivity contribution < 1.29 is 13.9 Å². The molecule has 0 saturated carbocycles. The van der Waals surface area contributed by atoms with Gasteiger partial charge in [-0.15, -0.1) is 11.3 Å². The monoisotopic (exact) mass is 300 g/mol. The molecule has 0 radical (unpaired) electrons. The first-order valence-electron chi connectivity index (χ1n) is 6.83. The second-order valence-corrected chi connectivity index (χ2v) is 6.26. The molecule has 2 heterocycles. The molecular weight excluding hydrogens is 279 g/mol. The van der Waals surface area contributed by atoms with E-state index in [1.807, 2.05) is 0 Å². The van der Waals surface area contributed by atoms with Crippen molar-refractivity contribution in [3.8, 4) is 0 Å². The van der Waals surface area contributed by atoms with Crippen LogP contribution in [0.25, 0.3) is 0 Å². The molecule has 1 aromatic rings. The minimum Gasteiger partial charge on any atom is -0.373 e. The Morgan fingerprint density at radius 3 is 2.70 bits per heavy atom. The summed E-state index contributed by atoms with van der Waals surface area (Å²) in [5.74, 6) is -0.674. The SMILES string of the molecule is C[C@@H]1CN(CCN(C)C(=O)c2sccc2F)C[C@H](C)O1. The van der Waals surface area contributed by atoms with Gasteiger partial charge in [0.1, 0.15) is 10.7 Å². The first-order chi connectivity index (χ1) is 9.47. The summed E-state index contributed by atoms with van der Waals surface area (Å²) in [4.78, 5) is 16.1. The van der Waals surface area contributed by atoms with Crippen LogP contribution in [-0.4, -0.2) is 61.1 Å². The van der Waals surface area contributed by atoms with E-state index in [1.54, 1.807) is 17.3 Å². The van der Waals surface area contributed by atoms with E-state index in [0.29, 0.717) is 6.54 Å². The Morgan fingerprint density at radius 2 is 2.15 bits per heavy atom. The zero-order valence-electron chi connectivity index (χ0n) is 12.1. The van der Waals surface area contributed by atoms with Crippen LogP contribution >= 0.6 is 11.3 Å². The highest BCUT2D eigenvalue weighted by Crippen LogP contribution is 2.17. The van der Waals surface area contributed by atoms with E-state index in [1.165, 1.54) is 6.07 Å². The van der Waals surface area contributed by atoms with Crippen molar-refractivity contribution in [2.24, 2.45) is 0 Å². The molecule has 1 amide bonds. The van der Waals surface area contributed by atoms with Crippen molar-refractivity contribution in [1.82, 2.24) is 9.80 Å². The molecule has 2 atom stereocenters. The fraction of sp³-hybridized carbons (Fsp3) is 0.643. The van der Waals surface area contributed by atoms with E-state index in [2.05, 4.69) is 18.7 Å². The topological polar surface area (TPSA) is 32.8 Å². The van der Waals surface area contributed by atoms with E-state index >= 15 is 0 Å². The second kappa shape index (κ2) is 6.65. The van der Waals surface area contributed by atoms with Gasteiger partial charge < -0.3 is 9.64 Å². The minimum absolute atomic E-state index is 0.191. The van der Waals surface area contributed by atoms with Gasteiger partial charge in [-0.25, -0.2) is 4.39 Å². The summed E-state index contributed by atoms with van der Waals surface area (Å²) >= 11 is 1.15. The van der Waals surface area contributed by atoms with Gasteiger partial charge in [0.2, 0.25) is 0 Å². The van der Waals surface area contributed by atoms with E-state index in [0.717, 1.165) is 31.0 Å². The maximum atomic E-state index is 13.4. The molecule has 0 aromatic carbocycles. The van der Waals surface area contributed by atoms with Gasteiger partial charge in [0.15, 0.2) is 0 Å². The van der Waals surface area contributed by atoms with Crippen LogP contribution in [0.3, 0.4) is 0 Å². The molecule has 6 heteroatoms. The van der Waals surface area contributed by atoms with Crippen molar-refractivity contribution in [3.63, 3.8) is 0 Å². The quantitative estimate of drug-likeness (QED) is 0.853. The van der Waals surface area contributed by atoms with E-state index in [4.69, 9.17) is 4.74 Å². The summed E-state index contributed by atoms with van der Waals surface area (Å²) in [7, 11) is 1.72. The van der Waals surface area contributed by atoms with Gasteiger partial charge in [-0.1, -0.05) is 0 Å². The maximum absolute atomic E-state index is 13.4. The number of thiophene rings is 1. The van der Waals surface area contributed by atoms with Crippen LogP contribution in [0, 0.1) is 5.82 Å². The van der Waals surface area contributed by atoms with Gasteiger partial charge >= 0.3 is 0 Å². The van der Waals surface area contributed by atoms with Crippen LogP contribution in [-0.2, 0) is 4.74 Å². The van der Waals surface area contributed by atoms with Crippen molar-refractivity contribution in [2.75, 3.05) is 33.2 Å². The predicted molar refractivity (Wildman–Crippen MR) is 77.7 cm³/mol. The van der Waals surface area contributed by atoms with Crippen LogP contribution in [0.2, 0.25) is 0 Å². The van der Waals surface area contributed by atoms with Crippen LogP contribution < -0.4 is 0 Å². The fourth-order valence-corrected chi connectivity index (χ4v) is 3.24. The largest absolute Gasteiger partial charge is 0.373 e. The lowest BCUT2D eigenvalue weighted by Crippen LogP contribution is -2.48. The Kier molecular flexibility index (Phi) is 5.12. The minimum atomic E-state index is -0.430. The summed E-state index contributed by atoms with van der Waals surface area (Å²) in [6.45, 7) is 7.24. The molecule has 0 bridgehead atoms. The maximum Gasteiger partial charge on any atom is 0.266 e. The number of nitrogens with zero attached hydrogens (tertiary/aromatic N) is 2. The van der Waals surface area contributed by atoms with Crippen LogP contribution in [0.1, 0.15) is 23.5 Å². The number of rotatable bonds is 4. The van der Waals surface area contributed by atoms with Gasteiger partial charge in [-0.05, 0) is 25.3 Å². The van der Waals surface area contributed by atoms with Gasteiger partial charge in [-0.2, -0.15) is 0 Å². The highest BCUT2D eigenvalue weighted by Gasteiger charge is 2.23. The van der Waals surface area contributed by atoms with Gasteiger partial charge in [0.05, 0.1) is 12.2 Å². The molecule has 0 unspecified atom stereocenters. The molecule has 4 nitrogen and oxygen atoms in total. The Balaban J connectivity index is 1.84. The number of halogens is 1. The molecule has 112 valence electrons. The highest BCUT2D eigenvalue weighted by molar-refractivity contribution is 7.12. The first kappa shape index (κ1) is 15.4. The number of morpholine rings is 1. The standard InChI is InChI=1S/C14H21FN2O2S/c1-10-8-17(9-11(2)19-10)6-5-16(3)14(18)13-12(15)4-7-20-13/h4,7,10-11H,5-6,8-9H2,1-3H3/t10-,11+. The van der Waals surface area contributed by atoms with E-state index in [9.17, 15) is 9.18 Å².